The van der Waals surface area contributed by atoms with Crippen molar-refractivity contribution in [3.8, 4) is 5.75 Å². The average Bonchev–Trinajstić information content (AvgIpc) is 3.03. The third-order valence-corrected chi connectivity index (χ3v) is 9.46. The lowest BCUT2D eigenvalue weighted by atomic mass is 9.58. The van der Waals surface area contributed by atoms with Crippen LogP contribution in [0.5, 0.6) is 5.75 Å². The Kier molecular flexibility index (Phi) is 12.6. The molecule has 0 fully saturated rings. The van der Waals surface area contributed by atoms with Crippen LogP contribution in [0, 0.1) is 11.8 Å². The maximum atomic E-state index is 15.3. The molecule has 4 atom stereocenters. The molecule has 0 saturated carbocycles. The Hall–Kier alpha value is -5.75. The van der Waals surface area contributed by atoms with Crippen LogP contribution in [0.4, 0.5) is 11.4 Å². The van der Waals surface area contributed by atoms with Crippen LogP contribution in [0.2, 0.25) is 0 Å². The summed E-state index contributed by atoms with van der Waals surface area (Å²) >= 11 is 0. The van der Waals surface area contributed by atoms with E-state index in [4.69, 9.17) is 18.9 Å². The summed E-state index contributed by atoms with van der Waals surface area (Å²) in [6, 6.07) is 0.313. The Morgan fingerprint density at radius 2 is 1.46 bits per heavy atom. The zero-order chi connectivity index (χ0) is 43.1. The van der Waals surface area contributed by atoms with Gasteiger partial charge in [-0.25, -0.2) is 0 Å². The van der Waals surface area contributed by atoms with Crippen LogP contribution in [-0.4, -0.2) is 110 Å². The van der Waals surface area contributed by atoms with E-state index in [1.54, 1.807) is 25.1 Å². The first-order chi connectivity index (χ1) is 26.3. The molecule has 1 aromatic rings. The highest BCUT2D eigenvalue weighted by Crippen LogP contribution is 2.56. The number of rotatable bonds is 10. The fourth-order valence-electron chi connectivity index (χ4n) is 7.64. The minimum Gasteiger partial charge on any atom is -0.442 e. The van der Waals surface area contributed by atoms with Crippen LogP contribution in [-0.2, 0) is 59.0 Å². The first-order valence-corrected chi connectivity index (χ1v) is 18.1. The predicted octanol–water partition coefficient (Wildman–Crippen LogP) is 1.49. The summed E-state index contributed by atoms with van der Waals surface area (Å²) in [5.41, 5.74) is -3.79. The van der Waals surface area contributed by atoms with Gasteiger partial charge in [0, 0.05) is 71.4 Å². The normalized spacial score (nSPS) is 21.5. The van der Waals surface area contributed by atoms with Gasteiger partial charge in [-0.2, -0.15) is 0 Å². The van der Waals surface area contributed by atoms with Crippen LogP contribution in [0.25, 0.3) is 0 Å². The van der Waals surface area contributed by atoms with Gasteiger partial charge in [-0.15, -0.1) is 0 Å². The Balaban J connectivity index is 2.17. The number of amides is 3. The number of nitrogens with zero attached hydrogens (tertiary/aromatic N) is 2. The molecule has 0 radical (unpaired) electrons. The molecule has 0 unspecified atom stereocenters. The van der Waals surface area contributed by atoms with Crippen molar-refractivity contribution in [3.63, 3.8) is 0 Å². The van der Waals surface area contributed by atoms with Crippen molar-refractivity contribution >= 4 is 64.5 Å². The van der Waals surface area contributed by atoms with Crippen LogP contribution in [0.15, 0.2) is 28.7 Å². The molecule has 57 heavy (non-hydrogen) atoms. The largest absolute Gasteiger partial charge is 0.442 e. The monoisotopic (exact) mass is 795 g/mol. The van der Waals surface area contributed by atoms with Crippen LogP contribution < -0.4 is 25.6 Å². The predicted molar refractivity (Wildman–Crippen MR) is 201 cm³/mol. The third-order valence-electron chi connectivity index (χ3n) is 9.46. The average molecular weight is 796 g/mol. The molecule has 308 valence electrons. The van der Waals surface area contributed by atoms with E-state index in [2.05, 4.69) is 10.6 Å². The van der Waals surface area contributed by atoms with E-state index in [1.807, 2.05) is 26.1 Å². The highest BCUT2D eigenvalue weighted by Gasteiger charge is 2.68. The summed E-state index contributed by atoms with van der Waals surface area (Å²) in [4.78, 5) is 124. The molecule has 3 aliphatic rings. The molecule has 3 N–H and O–H groups in total. The number of hydrogen-bond acceptors (Lipinski definition) is 16. The van der Waals surface area contributed by atoms with Gasteiger partial charge in [0.05, 0.1) is 23.8 Å². The maximum absolute atomic E-state index is 15.3. The second-order valence-electron chi connectivity index (χ2n) is 15.6. The van der Waals surface area contributed by atoms with Gasteiger partial charge in [0.15, 0.2) is 17.3 Å². The molecule has 0 bridgehead atoms. The first-order valence-electron chi connectivity index (χ1n) is 18.1. The lowest BCUT2D eigenvalue weighted by Crippen LogP contribution is -2.66. The zero-order valence-corrected chi connectivity index (χ0v) is 34.1. The van der Waals surface area contributed by atoms with Gasteiger partial charge < -0.3 is 34.5 Å². The number of imide groups is 1. The van der Waals surface area contributed by atoms with Gasteiger partial charge in [0.2, 0.25) is 23.2 Å². The van der Waals surface area contributed by atoms with Crippen molar-refractivity contribution in [1.29, 1.82) is 0 Å². The summed E-state index contributed by atoms with van der Waals surface area (Å²) in [7, 11) is 6.48. The second kappa shape index (κ2) is 16.4. The lowest BCUT2D eigenvalue weighted by Gasteiger charge is -2.52. The Morgan fingerprint density at radius 1 is 0.860 bits per heavy atom. The van der Waals surface area contributed by atoms with E-state index in [1.165, 1.54) is 19.0 Å². The van der Waals surface area contributed by atoms with Crippen molar-refractivity contribution in [2.75, 3.05) is 45.0 Å². The summed E-state index contributed by atoms with van der Waals surface area (Å²) in [6.07, 6.45) is -0.166. The van der Waals surface area contributed by atoms with E-state index in [0.717, 1.165) is 34.6 Å². The van der Waals surface area contributed by atoms with Crippen molar-refractivity contribution in [3.05, 3.63) is 39.9 Å². The fourth-order valence-corrected chi connectivity index (χ4v) is 7.64. The van der Waals surface area contributed by atoms with E-state index in [-0.39, 0.29) is 42.0 Å². The van der Waals surface area contributed by atoms with Gasteiger partial charge in [-0.3, -0.25) is 53.4 Å². The number of fused-ring (bicyclic) bond motifs is 3. The smallest absolute Gasteiger partial charge is 0.308 e. The molecule has 0 saturated heterocycles. The number of allylic oxidation sites excluding steroid dienone is 1. The van der Waals surface area contributed by atoms with Gasteiger partial charge in [-0.1, -0.05) is 0 Å². The Bertz CT molecular complexity index is 2040. The number of likely N-dealkylation sites (N-methyl/N-ethyl adjacent to an activating group) is 1. The van der Waals surface area contributed by atoms with Crippen LogP contribution in [0.1, 0.15) is 77.7 Å². The number of Topliss-reactive ketones (excluding diaryl/α,β-unsaturated/α-hetero) is 2. The van der Waals surface area contributed by atoms with Crippen molar-refractivity contribution in [2.24, 2.45) is 11.8 Å². The number of carbonyl (C=O) groups is 9. The number of hydrogen-bond donors (Lipinski definition) is 3. The summed E-state index contributed by atoms with van der Waals surface area (Å²) in [5.74, 6) is -12.5. The molecule has 18 heteroatoms. The number of nitrogens with one attached hydrogen (secondary N) is 3. The second-order valence-corrected chi connectivity index (χ2v) is 15.6. The molecular weight excluding hydrogens is 746 g/mol. The number of carbonyl (C=O) groups excluding carboxylic acids is 9. The standard InChI is InChI=1S/C39H49N5O13/c1-17(45)41-37(53)30-34(55-19(3)47)31(44(11)12)24-14-22-13-23-26(43(9)10)15-25(42-27(50)16-40-38(6,7)8)33(54-18(2)46)29(23)32(51)28(22)36(56-20(4)48)39(24,35(30)52)57-21(5)49/h15,22,24,31,40H,13-14,16H2,1-12H3,(H,42,50)(H,41,45,53)/t22-,24-,31-,39+/m0/s1. The van der Waals surface area contributed by atoms with Gasteiger partial charge in [-0.05, 0) is 65.3 Å². The minimum atomic E-state index is -2.73. The minimum absolute atomic E-state index is 0.00591. The molecule has 1 aromatic carbocycles. The molecule has 4 rings (SSSR count). The lowest BCUT2D eigenvalue weighted by molar-refractivity contribution is -0.181. The van der Waals surface area contributed by atoms with Crippen LogP contribution in [0.3, 0.4) is 0 Å². The topological polar surface area (TPSA) is 233 Å². The number of ether oxygens (including phenoxy) is 4. The number of anilines is 2. The highest BCUT2D eigenvalue weighted by molar-refractivity contribution is 6.28. The van der Waals surface area contributed by atoms with E-state index < -0.39 is 99.3 Å². The molecule has 0 spiro atoms. The van der Waals surface area contributed by atoms with E-state index >= 15 is 9.59 Å². The maximum Gasteiger partial charge on any atom is 0.308 e. The van der Waals surface area contributed by atoms with E-state index in [0.29, 0.717) is 11.3 Å². The highest BCUT2D eigenvalue weighted by atomic mass is 16.6. The Morgan fingerprint density at radius 3 is 1.95 bits per heavy atom. The molecule has 3 amide bonds. The molecule has 0 aliphatic heterocycles. The van der Waals surface area contributed by atoms with Crippen LogP contribution >= 0.6 is 0 Å². The molecule has 3 aliphatic carbocycles. The zero-order valence-electron chi connectivity index (χ0n) is 34.1. The fraction of sp³-hybridized carbons (Fsp3) is 0.513. The van der Waals surface area contributed by atoms with Gasteiger partial charge in [0.25, 0.3) is 5.91 Å². The number of esters is 4. The van der Waals surface area contributed by atoms with E-state index in [9.17, 15) is 33.6 Å². The summed E-state index contributed by atoms with van der Waals surface area (Å²) in [6.45, 7) is 10.5. The summed E-state index contributed by atoms with van der Waals surface area (Å²) in [5, 5.41) is 7.78. The quantitative estimate of drug-likeness (QED) is 0.132. The summed E-state index contributed by atoms with van der Waals surface area (Å²) < 4.78 is 22.9. The molecule has 0 aromatic heterocycles. The van der Waals surface area contributed by atoms with Crippen molar-refractivity contribution < 1.29 is 62.1 Å². The van der Waals surface area contributed by atoms with Gasteiger partial charge in [0.1, 0.15) is 11.3 Å². The number of ketones is 2. The molecule has 0 heterocycles. The third kappa shape index (κ3) is 8.81. The van der Waals surface area contributed by atoms with Gasteiger partial charge >= 0.3 is 23.9 Å². The van der Waals surface area contributed by atoms with Crippen molar-refractivity contribution in [1.82, 2.24) is 15.5 Å². The SMILES string of the molecule is CC(=O)NC(=O)C1=C(OC(C)=O)[C@@H](N(C)C)[C@@H]2C[C@@H]3Cc4c(N(C)C)cc(NC(=O)CNC(C)(C)C)c(OC(C)=O)c4C(=O)C3=C(OC(C)=O)[C@]2(OC(C)=O)C1=O. The van der Waals surface area contributed by atoms with Crippen molar-refractivity contribution in [2.45, 2.75) is 85.4 Å². The molecular formula is C39H49N5O13. The Labute approximate surface area is 329 Å². The number of benzene rings is 1. The molecule has 18 nitrogen and oxygen atoms in total. The first kappa shape index (κ1) is 44.0.